The second kappa shape index (κ2) is 6.68. The fraction of sp³-hybridized carbons (Fsp3) is 0.500. The summed E-state index contributed by atoms with van der Waals surface area (Å²) in [5.41, 5.74) is 0.454. The van der Waals surface area contributed by atoms with Crippen LogP contribution < -0.4 is 5.32 Å². The van der Waals surface area contributed by atoms with Crippen LogP contribution >= 0.6 is 12.4 Å². The molecule has 0 amide bonds. The lowest BCUT2D eigenvalue weighted by molar-refractivity contribution is -0.385. The van der Waals surface area contributed by atoms with Crippen molar-refractivity contribution in [3.63, 3.8) is 0 Å². The van der Waals surface area contributed by atoms with Gasteiger partial charge in [-0.15, -0.1) is 12.4 Å². The number of β-amino-alcohol motifs (C(OH)–C–C–N with tert-alkyl or cyclic N) is 1. The fourth-order valence-corrected chi connectivity index (χ4v) is 1.37. The normalized spacial score (nSPS) is 12.7. The molecule has 0 saturated heterocycles. The minimum atomic E-state index is -0.742. The second-order valence-corrected chi connectivity index (χ2v) is 5.00. The number of rotatable bonds is 4. The Labute approximate surface area is 113 Å². The molecule has 0 fully saturated rings. The molecule has 1 atom stereocenters. The molecule has 0 bridgehead atoms. The number of halogens is 1. The molecular formula is C12H19ClN2O3. The van der Waals surface area contributed by atoms with E-state index in [9.17, 15) is 15.2 Å². The van der Waals surface area contributed by atoms with Crippen LogP contribution in [0.25, 0.3) is 0 Å². The van der Waals surface area contributed by atoms with E-state index >= 15 is 0 Å². The van der Waals surface area contributed by atoms with Crippen LogP contribution in [0.3, 0.4) is 0 Å². The molecule has 0 spiro atoms. The Morgan fingerprint density at radius 1 is 1.44 bits per heavy atom. The van der Waals surface area contributed by atoms with Crippen molar-refractivity contribution in [1.82, 2.24) is 5.32 Å². The highest BCUT2D eigenvalue weighted by Crippen LogP contribution is 2.19. The van der Waals surface area contributed by atoms with Crippen LogP contribution in [-0.4, -0.2) is 22.1 Å². The van der Waals surface area contributed by atoms with Crippen LogP contribution in [0, 0.1) is 10.1 Å². The third-order valence-corrected chi connectivity index (χ3v) is 2.29. The van der Waals surface area contributed by atoms with Gasteiger partial charge < -0.3 is 10.4 Å². The minimum Gasteiger partial charge on any atom is -0.387 e. The number of hydrogen-bond donors (Lipinski definition) is 2. The Bertz CT molecular complexity index is 405. The summed E-state index contributed by atoms with van der Waals surface area (Å²) in [7, 11) is 0. The van der Waals surface area contributed by atoms with Gasteiger partial charge in [0, 0.05) is 24.2 Å². The van der Waals surface area contributed by atoms with Gasteiger partial charge in [0.25, 0.3) is 5.69 Å². The zero-order chi connectivity index (χ0) is 13.1. The Morgan fingerprint density at radius 2 is 2.06 bits per heavy atom. The highest BCUT2D eigenvalue weighted by Gasteiger charge is 2.15. The maximum absolute atomic E-state index is 10.6. The Kier molecular flexibility index (Phi) is 6.25. The van der Waals surface area contributed by atoms with Gasteiger partial charge in [-0.1, -0.05) is 12.1 Å². The average molecular weight is 275 g/mol. The Hall–Kier alpha value is -1.17. The summed E-state index contributed by atoms with van der Waals surface area (Å²) < 4.78 is 0. The summed E-state index contributed by atoms with van der Waals surface area (Å²) in [4.78, 5) is 10.1. The third kappa shape index (κ3) is 5.44. The third-order valence-electron chi connectivity index (χ3n) is 2.29. The zero-order valence-corrected chi connectivity index (χ0v) is 11.5. The number of nitrogens with zero attached hydrogens (tertiary/aromatic N) is 1. The molecule has 1 rings (SSSR count). The molecule has 0 aliphatic carbocycles. The van der Waals surface area contributed by atoms with Gasteiger partial charge in [-0.25, -0.2) is 0 Å². The fourth-order valence-electron chi connectivity index (χ4n) is 1.37. The first-order valence-corrected chi connectivity index (χ1v) is 5.47. The van der Waals surface area contributed by atoms with E-state index in [1.54, 1.807) is 12.1 Å². The standard InChI is InChI=1S/C12H18N2O3.ClH/c1-12(2,3)13-8-11(15)9-5-4-6-10(7-9)14(16)17;/h4-7,11,13,15H,8H2,1-3H3;1H. The van der Waals surface area contributed by atoms with Crippen LogP contribution in [0.15, 0.2) is 24.3 Å². The van der Waals surface area contributed by atoms with Gasteiger partial charge in [0.05, 0.1) is 11.0 Å². The van der Waals surface area contributed by atoms with Crippen LogP contribution in [-0.2, 0) is 0 Å². The number of nitro groups is 1. The molecule has 0 heterocycles. The highest BCUT2D eigenvalue weighted by atomic mass is 35.5. The molecule has 0 radical (unpaired) electrons. The molecule has 1 aromatic carbocycles. The topological polar surface area (TPSA) is 75.4 Å². The SMILES string of the molecule is CC(C)(C)NCC(O)c1cccc([N+](=O)[O-])c1.Cl. The van der Waals surface area contributed by atoms with E-state index in [1.807, 2.05) is 20.8 Å². The van der Waals surface area contributed by atoms with E-state index in [0.717, 1.165) is 0 Å². The predicted octanol–water partition coefficient (Wildman–Crippen LogP) is 2.44. The monoisotopic (exact) mass is 274 g/mol. The van der Waals surface area contributed by atoms with Crippen LogP contribution in [0.1, 0.15) is 32.4 Å². The summed E-state index contributed by atoms with van der Waals surface area (Å²) >= 11 is 0. The van der Waals surface area contributed by atoms with Gasteiger partial charge in [-0.2, -0.15) is 0 Å². The van der Waals surface area contributed by atoms with Gasteiger partial charge in [0.2, 0.25) is 0 Å². The smallest absolute Gasteiger partial charge is 0.269 e. The molecule has 0 aliphatic rings. The molecule has 0 saturated carbocycles. The summed E-state index contributed by atoms with van der Waals surface area (Å²) in [6.45, 7) is 6.35. The number of aliphatic hydroxyl groups excluding tert-OH is 1. The highest BCUT2D eigenvalue weighted by molar-refractivity contribution is 5.85. The number of non-ortho nitro benzene ring substituents is 1. The van der Waals surface area contributed by atoms with Gasteiger partial charge in [-0.05, 0) is 26.3 Å². The van der Waals surface area contributed by atoms with Crippen molar-refractivity contribution in [1.29, 1.82) is 0 Å². The molecule has 6 heteroatoms. The first-order valence-electron chi connectivity index (χ1n) is 5.47. The molecular weight excluding hydrogens is 256 g/mol. The lowest BCUT2D eigenvalue weighted by atomic mass is 10.1. The maximum Gasteiger partial charge on any atom is 0.269 e. The van der Waals surface area contributed by atoms with Crippen LogP contribution in [0.5, 0.6) is 0 Å². The number of benzene rings is 1. The molecule has 0 aliphatic heterocycles. The van der Waals surface area contributed by atoms with Gasteiger partial charge in [0.15, 0.2) is 0 Å². The van der Waals surface area contributed by atoms with E-state index in [2.05, 4.69) is 5.32 Å². The van der Waals surface area contributed by atoms with Gasteiger partial charge in [0.1, 0.15) is 0 Å². The molecule has 102 valence electrons. The number of aliphatic hydroxyl groups is 1. The summed E-state index contributed by atoms with van der Waals surface area (Å²) in [5, 5.41) is 23.7. The molecule has 5 nitrogen and oxygen atoms in total. The summed E-state index contributed by atoms with van der Waals surface area (Å²) in [6.07, 6.45) is -0.742. The van der Waals surface area contributed by atoms with E-state index in [1.165, 1.54) is 12.1 Å². The average Bonchev–Trinajstić information content (AvgIpc) is 2.25. The lowest BCUT2D eigenvalue weighted by Gasteiger charge is -2.22. The summed E-state index contributed by atoms with van der Waals surface area (Å²) in [6, 6.07) is 6.07. The number of nitrogens with one attached hydrogen (secondary N) is 1. The minimum absolute atomic E-state index is 0. The molecule has 18 heavy (non-hydrogen) atoms. The Morgan fingerprint density at radius 3 is 2.56 bits per heavy atom. The molecule has 1 aromatic rings. The van der Waals surface area contributed by atoms with E-state index in [-0.39, 0.29) is 23.6 Å². The maximum atomic E-state index is 10.6. The van der Waals surface area contributed by atoms with Crippen molar-refractivity contribution >= 4 is 18.1 Å². The van der Waals surface area contributed by atoms with Crippen molar-refractivity contribution < 1.29 is 10.0 Å². The molecule has 2 N–H and O–H groups in total. The van der Waals surface area contributed by atoms with E-state index < -0.39 is 11.0 Å². The molecule has 0 aromatic heterocycles. The second-order valence-electron chi connectivity index (χ2n) is 5.00. The first-order chi connectivity index (χ1) is 7.79. The quantitative estimate of drug-likeness (QED) is 0.653. The van der Waals surface area contributed by atoms with Crippen LogP contribution in [0.4, 0.5) is 5.69 Å². The van der Waals surface area contributed by atoms with Crippen molar-refractivity contribution in [2.45, 2.75) is 32.4 Å². The largest absolute Gasteiger partial charge is 0.387 e. The zero-order valence-electron chi connectivity index (χ0n) is 10.7. The first kappa shape index (κ1) is 16.8. The van der Waals surface area contributed by atoms with Gasteiger partial charge >= 0.3 is 0 Å². The van der Waals surface area contributed by atoms with Crippen molar-refractivity contribution in [3.05, 3.63) is 39.9 Å². The van der Waals surface area contributed by atoms with E-state index in [4.69, 9.17) is 0 Å². The number of nitro benzene ring substituents is 1. The number of hydrogen-bond acceptors (Lipinski definition) is 4. The Balaban J connectivity index is 0.00000289. The van der Waals surface area contributed by atoms with Crippen molar-refractivity contribution in [2.24, 2.45) is 0 Å². The van der Waals surface area contributed by atoms with Gasteiger partial charge in [-0.3, -0.25) is 10.1 Å². The lowest BCUT2D eigenvalue weighted by Crippen LogP contribution is -2.38. The summed E-state index contributed by atoms with van der Waals surface area (Å²) in [5.74, 6) is 0. The van der Waals surface area contributed by atoms with E-state index in [0.29, 0.717) is 12.1 Å². The molecule has 1 unspecified atom stereocenters. The van der Waals surface area contributed by atoms with Crippen molar-refractivity contribution in [2.75, 3.05) is 6.54 Å². The van der Waals surface area contributed by atoms with Crippen molar-refractivity contribution in [3.8, 4) is 0 Å². The predicted molar refractivity (Wildman–Crippen MR) is 73.1 cm³/mol. The van der Waals surface area contributed by atoms with Crippen LogP contribution in [0.2, 0.25) is 0 Å².